The fourth-order valence-electron chi connectivity index (χ4n) is 3.82. The molecule has 25 heavy (non-hydrogen) atoms. The Morgan fingerprint density at radius 1 is 1.24 bits per heavy atom. The Labute approximate surface area is 153 Å². The van der Waals surface area contributed by atoms with Crippen molar-refractivity contribution < 1.29 is 13.2 Å². The van der Waals surface area contributed by atoms with E-state index in [1.165, 1.54) is 0 Å². The summed E-state index contributed by atoms with van der Waals surface area (Å²) in [6.45, 7) is 11.8. The van der Waals surface area contributed by atoms with Gasteiger partial charge >= 0.3 is 0 Å². The smallest absolute Gasteiger partial charge is 0.191 e. The normalized spacial score (nSPS) is 30.2. The first kappa shape index (κ1) is 20.5. The lowest BCUT2D eigenvalue weighted by atomic mass is 9.78. The summed E-state index contributed by atoms with van der Waals surface area (Å²) in [7, 11) is -2.84. The average Bonchev–Trinajstić information content (AvgIpc) is 2.88. The highest BCUT2D eigenvalue weighted by atomic mass is 32.2. The zero-order chi connectivity index (χ0) is 18.5. The maximum absolute atomic E-state index is 11.6. The van der Waals surface area contributed by atoms with E-state index in [9.17, 15) is 8.42 Å². The molecule has 2 aliphatic rings. The van der Waals surface area contributed by atoms with Crippen LogP contribution >= 0.6 is 0 Å². The Kier molecular flexibility index (Phi) is 7.14. The van der Waals surface area contributed by atoms with Crippen LogP contribution in [0, 0.1) is 17.3 Å². The number of guanidine groups is 1. The Morgan fingerprint density at radius 2 is 2.00 bits per heavy atom. The largest absolute Gasteiger partial charge is 0.377 e. The number of hydrogen-bond donors (Lipinski definition) is 2. The predicted molar refractivity (Wildman–Crippen MR) is 103 cm³/mol. The standard InChI is InChI=1S/C18H35N3O3S/c1-5-19-17(20-11-14-8-10-25(22,23)13-14)21-12-15-7-6-9-24-16(15)18(2,3)4/h14-16H,5-13H2,1-4H3,(H2,19,20,21). The van der Waals surface area contributed by atoms with Crippen LogP contribution in [0.15, 0.2) is 4.99 Å². The number of rotatable bonds is 5. The Balaban J connectivity index is 1.90. The van der Waals surface area contributed by atoms with Gasteiger partial charge in [0.15, 0.2) is 15.8 Å². The van der Waals surface area contributed by atoms with Gasteiger partial charge in [0.05, 0.1) is 17.6 Å². The van der Waals surface area contributed by atoms with E-state index in [2.05, 4.69) is 36.4 Å². The highest BCUT2D eigenvalue weighted by Crippen LogP contribution is 2.33. The van der Waals surface area contributed by atoms with Crippen LogP contribution in [0.1, 0.15) is 47.0 Å². The lowest BCUT2D eigenvalue weighted by Crippen LogP contribution is -2.47. The molecule has 2 heterocycles. The number of sulfone groups is 1. The summed E-state index contributed by atoms with van der Waals surface area (Å²) in [5, 5.41) is 6.72. The fraction of sp³-hybridized carbons (Fsp3) is 0.944. The van der Waals surface area contributed by atoms with Crippen LogP contribution in [0.3, 0.4) is 0 Å². The third-order valence-corrected chi connectivity index (χ3v) is 6.85. The molecule has 0 radical (unpaired) electrons. The summed E-state index contributed by atoms with van der Waals surface area (Å²) in [6.07, 6.45) is 3.24. The van der Waals surface area contributed by atoms with E-state index in [0.717, 1.165) is 44.9 Å². The molecule has 7 heteroatoms. The van der Waals surface area contributed by atoms with Crippen LogP contribution in [-0.2, 0) is 14.6 Å². The fourth-order valence-corrected chi connectivity index (χ4v) is 5.66. The number of nitrogens with zero attached hydrogens (tertiary/aromatic N) is 1. The van der Waals surface area contributed by atoms with Crippen molar-refractivity contribution in [3.05, 3.63) is 0 Å². The highest BCUT2D eigenvalue weighted by molar-refractivity contribution is 7.91. The van der Waals surface area contributed by atoms with E-state index < -0.39 is 9.84 Å². The maximum Gasteiger partial charge on any atom is 0.191 e. The second-order valence-electron chi connectivity index (χ2n) is 8.43. The van der Waals surface area contributed by atoms with Gasteiger partial charge in [0, 0.05) is 32.2 Å². The Bertz CT molecular complexity index is 554. The van der Waals surface area contributed by atoms with Crippen LogP contribution in [0.25, 0.3) is 0 Å². The Morgan fingerprint density at radius 3 is 2.60 bits per heavy atom. The molecule has 0 saturated carbocycles. The van der Waals surface area contributed by atoms with E-state index in [1.54, 1.807) is 0 Å². The van der Waals surface area contributed by atoms with Gasteiger partial charge in [0.25, 0.3) is 0 Å². The third kappa shape index (κ3) is 6.44. The predicted octanol–water partition coefficient (Wildman–Crippen LogP) is 1.82. The lowest BCUT2D eigenvalue weighted by Gasteiger charge is -2.40. The van der Waals surface area contributed by atoms with E-state index in [1.807, 2.05) is 6.92 Å². The quantitative estimate of drug-likeness (QED) is 0.568. The number of ether oxygens (including phenoxy) is 1. The van der Waals surface area contributed by atoms with Crippen LogP contribution in [-0.4, -0.2) is 58.2 Å². The monoisotopic (exact) mass is 373 g/mol. The highest BCUT2D eigenvalue weighted by Gasteiger charge is 2.35. The molecule has 6 nitrogen and oxygen atoms in total. The zero-order valence-corrected chi connectivity index (χ0v) is 17.0. The molecule has 3 atom stereocenters. The first-order valence-electron chi connectivity index (χ1n) is 9.55. The molecule has 2 N–H and O–H groups in total. The average molecular weight is 374 g/mol. The minimum Gasteiger partial charge on any atom is -0.377 e. The minimum atomic E-state index is -2.84. The van der Waals surface area contributed by atoms with Gasteiger partial charge in [0.2, 0.25) is 0 Å². The molecule has 146 valence electrons. The van der Waals surface area contributed by atoms with Crippen molar-refractivity contribution in [2.45, 2.75) is 53.1 Å². The van der Waals surface area contributed by atoms with Crippen molar-refractivity contribution in [3.63, 3.8) is 0 Å². The van der Waals surface area contributed by atoms with E-state index >= 15 is 0 Å². The van der Waals surface area contributed by atoms with Crippen molar-refractivity contribution >= 4 is 15.8 Å². The summed E-state index contributed by atoms with van der Waals surface area (Å²) < 4.78 is 29.2. The molecular weight excluding hydrogens is 338 g/mol. The second-order valence-corrected chi connectivity index (χ2v) is 10.7. The summed E-state index contributed by atoms with van der Waals surface area (Å²) in [5.41, 5.74) is 0.125. The van der Waals surface area contributed by atoms with Crippen molar-refractivity contribution in [2.24, 2.45) is 22.2 Å². The molecule has 0 amide bonds. The first-order valence-corrected chi connectivity index (χ1v) is 11.4. The summed E-state index contributed by atoms with van der Waals surface area (Å²) in [6, 6.07) is 0. The van der Waals surface area contributed by atoms with Crippen LogP contribution in [0.5, 0.6) is 0 Å². The summed E-state index contributed by atoms with van der Waals surface area (Å²) in [4.78, 5) is 4.62. The second kappa shape index (κ2) is 8.71. The minimum absolute atomic E-state index is 0.125. The summed E-state index contributed by atoms with van der Waals surface area (Å²) >= 11 is 0. The van der Waals surface area contributed by atoms with Gasteiger partial charge < -0.3 is 15.4 Å². The van der Waals surface area contributed by atoms with E-state index in [4.69, 9.17) is 4.74 Å². The van der Waals surface area contributed by atoms with E-state index in [0.29, 0.717) is 18.2 Å². The Hall–Kier alpha value is -0.820. The lowest BCUT2D eigenvalue weighted by molar-refractivity contribution is -0.0835. The topological polar surface area (TPSA) is 79.8 Å². The van der Waals surface area contributed by atoms with Gasteiger partial charge in [0.1, 0.15) is 0 Å². The first-order chi connectivity index (χ1) is 11.7. The molecule has 0 bridgehead atoms. The molecule has 3 unspecified atom stereocenters. The molecule has 0 aliphatic carbocycles. The van der Waals surface area contributed by atoms with Gasteiger partial charge in [-0.05, 0) is 37.5 Å². The van der Waals surface area contributed by atoms with Gasteiger partial charge in [-0.2, -0.15) is 0 Å². The third-order valence-electron chi connectivity index (χ3n) is 5.01. The van der Waals surface area contributed by atoms with Gasteiger partial charge in [-0.1, -0.05) is 20.8 Å². The molecule has 2 saturated heterocycles. The molecule has 0 spiro atoms. The number of nitrogens with one attached hydrogen (secondary N) is 2. The molecule has 2 rings (SSSR count). The van der Waals surface area contributed by atoms with Crippen LogP contribution < -0.4 is 10.6 Å². The van der Waals surface area contributed by atoms with Gasteiger partial charge in [-0.15, -0.1) is 0 Å². The van der Waals surface area contributed by atoms with Crippen molar-refractivity contribution in [1.29, 1.82) is 0 Å². The number of aliphatic imine (C=N–C) groups is 1. The SMILES string of the molecule is CCNC(=NCC1CCS(=O)(=O)C1)NCC1CCCOC1C(C)(C)C. The molecular formula is C18H35N3O3S. The van der Waals surface area contributed by atoms with Crippen molar-refractivity contribution in [3.8, 4) is 0 Å². The van der Waals surface area contributed by atoms with Crippen molar-refractivity contribution in [1.82, 2.24) is 10.6 Å². The molecule has 0 aromatic heterocycles. The van der Waals surface area contributed by atoms with E-state index in [-0.39, 0.29) is 23.2 Å². The molecule has 2 fully saturated rings. The van der Waals surface area contributed by atoms with Crippen molar-refractivity contribution in [2.75, 3.05) is 37.7 Å². The zero-order valence-electron chi connectivity index (χ0n) is 16.2. The van der Waals surface area contributed by atoms with Crippen LogP contribution in [0.2, 0.25) is 0 Å². The molecule has 2 aliphatic heterocycles. The number of hydrogen-bond acceptors (Lipinski definition) is 4. The van der Waals surface area contributed by atoms with Gasteiger partial charge in [-0.3, -0.25) is 4.99 Å². The molecule has 0 aromatic carbocycles. The molecule has 0 aromatic rings. The van der Waals surface area contributed by atoms with Gasteiger partial charge in [-0.25, -0.2) is 8.42 Å². The summed E-state index contributed by atoms with van der Waals surface area (Å²) in [5.74, 6) is 1.98. The maximum atomic E-state index is 11.6. The van der Waals surface area contributed by atoms with Crippen LogP contribution in [0.4, 0.5) is 0 Å².